The third-order valence-corrected chi connectivity index (χ3v) is 4.79. The van der Waals surface area contributed by atoms with Crippen LogP contribution >= 0.6 is 0 Å². The van der Waals surface area contributed by atoms with Crippen molar-refractivity contribution >= 4 is 6.29 Å². The highest BCUT2D eigenvalue weighted by Crippen LogP contribution is 2.38. The van der Waals surface area contributed by atoms with Crippen LogP contribution in [-0.2, 0) is 4.79 Å². The summed E-state index contributed by atoms with van der Waals surface area (Å²) in [6.45, 7) is 2.28. The van der Waals surface area contributed by atoms with E-state index in [0.29, 0.717) is 5.92 Å². The van der Waals surface area contributed by atoms with Gasteiger partial charge in [0, 0.05) is 5.92 Å². The molecule has 0 aromatic carbocycles. The van der Waals surface area contributed by atoms with E-state index >= 15 is 0 Å². The predicted octanol–water partition coefficient (Wildman–Crippen LogP) is 6.30. The molecule has 0 amide bonds. The number of carbonyl (C=O) groups is 1. The number of unbranched alkanes of at least 4 members (excludes halogenated alkanes) is 11. The Morgan fingerprint density at radius 2 is 1.25 bits per heavy atom. The predicted molar refractivity (Wildman–Crippen MR) is 88.0 cm³/mol. The first-order valence-electron chi connectivity index (χ1n) is 9.33. The van der Waals surface area contributed by atoms with Gasteiger partial charge in [-0.1, -0.05) is 84.0 Å². The van der Waals surface area contributed by atoms with Crippen molar-refractivity contribution in [2.24, 2.45) is 11.8 Å². The van der Waals surface area contributed by atoms with Gasteiger partial charge in [-0.3, -0.25) is 0 Å². The fourth-order valence-electron chi connectivity index (χ4n) is 3.16. The molecule has 118 valence electrons. The van der Waals surface area contributed by atoms with Crippen LogP contribution in [0.5, 0.6) is 0 Å². The van der Waals surface area contributed by atoms with Gasteiger partial charge >= 0.3 is 0 Å². The molecular formula is C19H36O. The van der Waals surface area contributed by atoms with Gasteiger partial charge < -0.3 is 4.79 Å². The van der Waals surface area contributed by atoms with Gasteiger partial charge in [0.2, 0.25) is 0 Å². The van der Waals surface area contributed by atoms with Crippen molar-refractivity contribution in [3.8, 4) is 0 Å². The molecule has 0 N–H and O–H groups in total. The first-order chi connectivity index (χ1) is 9.88. The van der Waals surface area contributed by atoms with Crippen LogP contribution in [0.3, 0.4) is 0 Å². The minimum atomic E-state index is 0.401. The zero-order chi connectivity index (χ0) is 14.5. The van der Waals surface area contributed by atoms with E-state index in [2.05, 4.69) is 6.92 Å². The molecule has 0 radical (unpaired) electrons. The average Bonchev–Trinajstić information content (AvgIpc) is 3.29. The van der Waals surface area contributed by atoms with E-state index in [0.717, 1.165) is 12.3 Å². The van der Waals surface area contributed by atoms with Gasteiger partial charge in [-0.25, -0.2) is 0 Å². The number of carbonyl (C=O) groups excluding carboxylic acids is 1. The Balaban J connectivity index is 1.73. The number of hydrogen-bond donors (Lipinski definition) is 0. The fraction of sp³-hybridized carbons (Fsp3) is 0.947. The van der Waals surface area contributed by atoms with Crippen molar-refractivity contribution in [1.29, 1.82) is 0 Å². The number of rotatable bonds is 15. The molecule has 1 atom stereocenters. The Kier molecular flexibility index (Phi) is 11.0. The maximum absolute atomic E-state index is 10.9. The van der Waals surface area contributed by atoms with Gasteiger partial charge in [0.25, 0.3) is 0 Å². The van der Waals surface area contributed by atoms with Crippen molar-refractivity contribution in [2.45, 2.75) is 103 Å². The summed E-state index contributed by atoms with van der Waals surface area (Å²) in [6.07, 6.45) is 21.8. The SMILES string of the molecule is CCCCCCCCCCCCCCC(C=O)C1CC1. The number of aldehydes is 1. The summed E-state index contributed by atoms with van der Waals surface area (Å²) >= 11 is 0. The highest BCUT2D eigenvalue weighted by Gasteiger charge is 2.30. The standard InChI is InChI=1S/C19H36O/c1-2-3-4-5-6-7-8-9-10-11-12-13-14-19(17-20)18-15-16-18/h17-19H,2-16H2,1H3. The maximum Gasteiger partial charge on any atom is 0.123 e. The molecule has 0 spiro atoms. The molecule has 1 rings (SSSR count). The molecule has 1 aliphatic rings. The van der Waals surface area contributed by atoms with Gasteiger partial charge in [-0.05, 0) is 25.2 Å². The lowest BCUT2D eigenvalue weighted by Gasteiger charge is -2.08. The summed E-state index contributed by atoms with van der Waals surface area (Å²) < 4.78 is 0. The molecule has 0 bridgehead atoms. The lowest BCUT2D eigenvalue weighted by atomic mass is 9.97. The third-order valence-electron chi connectivity index (χ3n) is 4.79. The van der Waals surface area contributed by atoms with Crippen LogP contribution < -0.4 is 0 Å². The minimum absolute atomic E-state index is 0.401. The lowest BCUT2D eigenvalue weighted by molar-refractivity contribution is -0.111. The van der Waals surface area contributed by atoms with Crippen LogP contribution in [0.2, 0.25) is 0 Å². The summed E-state index contributed by atoms with van der Waals surface area (Å²) in [7, 11) is 0. The molecule has 1 nitrogen and oxygen atoms in total. The molecular weight excluding hydrogens is 244 g/mol. The largest absolute Gasteiger partial charge is 0.303 e. The van der Waals surface area contributed by atoms with Gasteiger partial charge in [0.15, 0.2) is 0 Å². The summed E-state index contributed by atoms with van der Waals surface area (Å²) in [5, 5.41) is 0. The van der Waals surface area contributed by atoms with Crippen LogP contribution in [0, 0.1) is 11.8 Å². The topological polar surface area (TPSA) is 17.1 Å². The van der Waals surface area contributed by atoms with E-state index < -0.39 is 0 Å². The van der Waals surface area contributed by atoms with Gasteiger partial charge in [0.1, 0.15) is 6.29 Å². The van der Waals surface area contributed by atoms with Crippen molar-refractivity contribution in [3.05, 3.63) is 0 Å². The molecule has 1 unspecified atom stereocenters. The monoisotopic (exact) mass is 280 g/mol. The van der Waals surface area contributed by atoms with Crippen LogP contribution in [0.15, 0.2) is 0 Å². The fourth-order valence-corrected chi connectivity index (χ4v) is 3.16. The molecule has 1 aliphatic carbocycles. The Labute approximate surface area is 126 Å². The summed E-state index contributed by atoms with van der Waals surface area (Å²) in [4.78, 5) is 10.9. The second kappa shape index (κ2) is 12.4. The molecule has 1 saturated carbocycles. The van der Waals surface area contributed by atoms with Crippen molar-refractivity contribution in [1.82, 2.24) is 0 Å². The molecule has 0 aromatic heterocycles. The summed E-state index contributed by atoms with van der Waals surface area (Å²) in [5.74, 6) is 1.17. The molecule has 1 heteroatoms. The van der Waals surface area contributed by atoms with E-state index in [1.807, 2.05) is 0 Å². The minimum Gasteiger partial charge on any atom is -0.303 e. The van der Waals surface area contributed by atoms with Crippen LogP contribution in [0.1, 0.15) is 103 Å². The van der Waals surface area contributed by atoms with E-state index in [4.69, 9.17) is 0 Å². The van der Waals surface area contributed by atoms with E-state index in [1.54, 1.807) is 0 Å². The van der Waals surface area contributed by atoms with Gasteiger partial charge in [-0.2, -0.15) is 0 Å². The maximum atomic E-state index is 10.9. The average molecular weight is 280 g/mol. The first kappa shape index (κ1) is 17.7. The van der Waals surface area contributed by atoms with Crippen LogP contribution in [-0.4, -0.2) is 6.29 Å². The van der Waals surface area contributed by atoms with Crippen molar-refractivity contribution < 1.29 is 4.79 Å². The van der Waals surface area contributed by atoms with Gasteiger partial charge in [0.05, 0.1) is 0 Å². The van der Waals surface area contributed by atoms with Crippen molar-refractivity contribution in [3.63, 3.8) is 0 Å². The third kappa shape index (κ3) is 9.55. The Morgan fingerprint density at radius 1 is 0.800 bits per heavy atom. The summed E-state index contributed by atoms with van der Waals surface area (Å²) in [5.41, 5.74) is 0. The highest BCUT2D eigenvalue weighted by atomic mass is 16.1. The zero-order valence-electron chi connectivity index (χ0n) is 13.7. The second-order valence-electron chi connectivity index (χ2n) is 6.82. The molecule has 1 fully saturated rings. The highest BCUT2D eigenvalue weighted by molar-refractivity contribution is 5.54. The van der Waals surface area contributed by atoms with Crippen LogP contribution in [0.25, 0.3) is 0 Å². The molecule has 0 heterocycles. The normalized spacial score (nSPS) is 16.2. The van der Waals surface area contributed by atoms with Gasteiger partial charge in [-0.15, -0.1) is 0 Å². The zero-order valence-corrected chi connectivity index (χ0v) is 13.7. The Hall–Kier alpha value is -0.330. The quantitative estimate of drug-likeness (QED) is 0.254. The summed E-state index contributed by atoms with van der Waals surface area (Å²) in [6, 6.07) is 0. The Bertz CT molecular complexity index is 220. The number of hydrogen-bond acceptors (Lipinski definition) is 1. The molecule has 0 aromatic rings. The lowest BCUT2D eigenvalue weighted by Crippen LogP contribution is -2.04. The smallest absolute Gasteiger partial charge is 0.123 e. The van der Waals surface area contributed by atoms with E-state index in [-0.39, 0.29) is 0 Å². The molecule has 20 heavy (non-hydrogen) atoms. The molecule has 0 saturated heterocycles. The molecule has 0 aliphatic heterocycles. The first-order valence-corrected chi connectivity index (χ1v) is 9.33. The van der Waals surface area contributed by atoms with Crippen molar-refractivity contribution in [2.75, 3.05) is 0 Å². The van der Waals surface area contributed by atoms with Crippen LogP contribution in [0.4, 0.5) is 0 Å². The second-order valence-corrected chi connectivity index (χ2v) is 6.82. The van der Waals surface area contributed by atoms with E-state index in [1.165, 1.54) is 96.2 Å². The Morgan fingerprint density at radius 3 is 1.65 bits per heavy atom. The van der Waals surface area contributed by atoms with E-state index in [9.17, 15) is 4.79 Å².